The van der Waals surface area contributed by atoms with Gasteiger partial charge in [0.05, 0.1) is 12.1 Å². The van der Waals surface area contributed by atoms with Gasteiger partial charge in [-0.3, -0.25) is 4.79 Å². The molecule has 0 saturated carbocycles. The van der Waals surface area contributed by atoms with Crippen LogP contribution in [-0.2, 0) is 9.53 Å². The van der Waals surface area contributed by atoms with Crippen LogP contribution in [0.5, 0.6) is 0 Å². The average Bonchev–Trinajstić information content (AvgIpc) is 2.17. The number of hydrogen-bond donors (Lipinski definition) is 2. The van der Waals surface area contributed by atoms with E-state index in [4.69, 9.17) is 4.74 Å². The van der Waals surface area contributed by atoms with E-state index >= 15 is 0 Å². The Balaban J connectivity index is 3.54. The maximum atomic E-state index is 11.5. The van der Waals surface area contributed by atoms with Gasteiger partial charge in [0, 0.05) is 13.2 Å². The molecule has 0 atom stereocenters. The Morgan fingerprint density at radius 2 is 2.00 bits per heavy atom. The molecular formula is C10H22N2O2. The summed E-state index contributed by atoms with van der Waals surface area (Å²) in [5.41, 5.74) is -0.509. The standard InChI is InChI=1S/C10H22N2O2/c1-5-7-14-8-6-12-9(13)10(2,3)11-4/h11H,5-8H2,1-4H3,(H,12,13). The number of carbonyl (C=O) groups is 1. The molecule has 0 heterocycles. The Morgan fingerprint density at radius 1 is 1.36 bits per heavy atom. The molecule has 0 aromatic heterocycles. The molecule has 0 aromatic rings. The lowest BCUT2D eigenvalue weighted by atomic mass is 10.1. The number of rotatable bonds is 7. The number of likely N-dealkylation sites (N-methyl/N-ethyl adjacent to an activating group) is 1. The zero-order chi connectivity index (χ0) is 11.0. The molecule has 0 radical (unpaired) electrons. The van der Waals surface area contributed by atoms with E-state index in [0.717, 1.165) is 13.0 Å². The minimum atomic E-state index is -0.509. The summed E-state index contributed by atoms with van der Waals surface area (Å²) < 4.78 is 5.24. The van der Waals surface area contributed by atoms with Gasteiger partial charge in [-0.15, -0.1) is 0 Å². The molecule has 0 aliphatic carbocycles. The average molecular weight is 202 g/mol. The second-order valence-electron chi connectivity index (χ2n) is 3.74. The smallest absolute Gasteiger partial charge is 0.239 e. The third-order valence-electron chi connectivity index (χ3n) is 2.07. The van der Waals surface area contributed by atoms with Gasteiger partial charge in [-0.2, -0.15) is 0 Å². The lowest BCUT2D eigenvalue weighted by molar-refractivity contribution is -0.126. The van der Waals surface area contributed by atoms with Crippen LogP contribution >= 0.6 is 0 Å². The molecule has 2 N–H and O–H groups in total. The first kappa shape index (κ1) is 13.4. The maximum Gasteiger partial charge on any atom is 0.239 e. The predicted molar refractivity (Wildman–Crippen MR) is 57.3 cm³/mol. The molecule has 0 rings (SSSR count). The van der Waals surface area contributed by atoms with Crippen molar-refractivity contribution < 1.29 is 9.53 Å². The Hall–Kier alpha value is -0.610. The molecule has 0 spiro atoms. The van der Waals surface area contributed by atoms with E-state index in [-0.39, 0.29) is 5.91 Å². The largest absolute Gasteiger partial charge is 0.380 e. The lowest BCUT2D eigenvalue weighted by Crippen LogP contribution is -2.51. The Kier molecular flexibility index (Phi) is 6.49. The summed E-state index contributed by atoms with van der Waals surface area (Å²) >= 11 is 0. The summed E-state index contributed by atoms with van der Waals surface area (Å²) in [5, 5.41) is 5.75. The molecule has 0 bridgehead atoms. The summed E-state index contributed by atoms with van der Waals surface area (Å²) in [7, 11) is 1.77. The van der Waals surface area contributed by atoms with Gasteiger partial charge in [-0.25, -0.2) is 0 Å². The molecule has 84 valence electrons. The monoisotopic (exact) mass is 202 g/mol. The summed E-state index contributed by atoms with van der Waals surface area (Å²) in [6.45, 7) is 7.65. The van der Waals surface area contributed by atoms with E-state index in [1.165, 1.54) is 0 Å². The molecule has 0 saturated heterocycles. The predicted octanol–water partition coefficient (Wildman–Crippen LogP) is 0.527. The molecule has 0 aromatic carbocycles. The first-order valence-electron chi connectivity index (χ1n) is 5.09. The van der Waals surface area contributed by atoms with E-state index in [9.17, 15) is 4.79 Å². The van der Waals surface area contributed by atoms with Crippen molar-refractivity contribution >= 4 is 5.91 Å². The fraction of sp³-hybridized carbons (Fsp3) is 0.900. The normalized spacial score (nSPS) is 11.4. The Morgan fingerprint density at radius 3 is 2.50 bits per heavy atom. The fourth-order valence-corrected chi connectivity index (χ4v) is 0.818. The quantitative estimate of drug-likeness (QED) is 0.592. The van der Waals surface area contributed by atoms with Crippen LogP contribution in [0, 0.1) is 0 Å². The van der Waals surface area contributed by atoms with Crippen LogP contribution in [-0.4, -0.2) is 38.3 Å². The van der Waals surface area contributed by atoms with E-state index in [1.54, 1.807) is 7.05 Å². The summed E-state index contributed by atoms with van der Waals surface area (Å²) in [6, 6.07) is 0. The summed E-state index contributed by atoms with van der Waals surface area (Å²) in [4.78, 5) is 11.5. The maximum absolute atomic E-state index is 11.5. The van der Waals surface area contributed by atoms with Gasteiger partial charge in [0.25, 0.3) is 0 Å². The zero-order valence-electron chi connectivity index (χ0n) is 9.64. The number of ether oxygens (including phenoxy) is 1. The first-order valence-corrected chi connectivity index (χ1v) is 5.09. The summed E-state index contributed by atoms with van der Waals surface area (Å²) in [6.07, 6.45) is 1.01. The second-order valence-corrected chi connectivity index (χ2v) is 3.74. The van der Waals surface area contributed by atoms with Crippen molar-refractivity contribution in [3.05, 3.63) is 0 Å². The molecule has 1 amide bonds. The third kappa shape index (κ3) is 5.19. The first-order chi connectivity index (χ1) is 6.54. The van der Waals surface area contributed by atoms with Crippen molar-refractivity contribution in [1.82, 2.24) is 10.6 Å². The molecule has 0 fully saturated rings. The summed E-state index contributed by atoms with van der Waals surface area (Å²) in [5.74, 6) is 0.0000912. The van der Waals surface area contributed by atoms with Crippen LogP contribution in [0.15, 0.2) is 0 Å². The highest BCUT2D eigenvalue weighted by atomic mass is 16.5. The minimum Gasteiger partial charge on any atom is -0.380 e. The van der Waals surface area contributed by atoms with Crippen LogP contribution in [0.25, 0.3) is 0 Å². The fourth-order valence-electron chi connectivity index (χ4n) is 0.818. The van der Waals surface area contributed by atoms with Crippen LogP contribution in [0.4, 0.5) is 0 Å². The van der Waals surface area contributed by atoms with Gasteiger partial charge in [-0.1, -0.05) is 6.92 Å². The SMILES string of the molecule is CCCOCCNC(=O)C(C)(C)NC. The van der Waals surface area contributed by atoms with Crippen molar-refractivity contribution in [2.24, 2.45) is 0 Å². The lowest BCUT2D eigenvalue weighted by Gasteiger charge is -2.22. The molecule has 4 heteroatoms. The van der Waals surface area contributed by atoms with Crippen molar-refractivity contribution in [2.45, 2.75) is 32.7 Å². The Labute approximate surface area is 86.4 Å². The van der Waals surface area contributed by atoms with Crippen LogP contribution in [0.3, 0.4) is 0 Å². The van der Waals surface area contributed by atoms with Crippen molar-refractivity contribution in [3.63, 3.8) is 0 Å². The Bertz CT molecular complexity index is 170. The van der Waals surface area contributed by atoms with Crippen molar-refractivity contribution in [2.75, 3.05) is 26.8 Å². The number of amides is 1. The topological polar surface area (TPSA) is 50.4 Å². The van der Waals surface area contributed by atoms with Gasteiger partial charge < -0.3 is 15.4 Å². The van der Waals surface area contributed by atoms with Crippen molar-refractivity contribution in [3.8, 4) is 0 Å². The molecular weight excluding hydrogens is 180 g/mol. The number of carbonyl (C=O) groups excluding carboxylic acids is 1. The van der Waals surface area contributed by atoms with Gasteiger partial charge >= 0.3 is 0 Å². The molecule has 0 aliphatic heterocycles. The van der Waals surface area contributed by atoms with Crippen LogP contribution in [0.1, 0.15) is 27.2 Å². The van der Waals surface area contributed by atoms with E-state index in [1.807, 2.05) is 13.8 Å². The van der Waals surface area contributed by atoms with Crippen LogP contribution < -0.4 is 10.6 Å². The van der Waals surface area contributed by atoms with E-state index < -0.39 is 5.54 Å². The van der Waals surface area contributed by atoms with Crippen LogP contribution in [0.2, 0.25) is 0 Å². The van der Waals surface area contributed by atoms with Gasteiger partial charge in [-0.05, 0) is 27.3 Å². The highest BCUT2D eigenvalue weighted by Gasteiger charge is 2.24. The highest BCUT2D eigenvalue weighted by molar-refractivity contribution is 5.85. The van der Waals surface area contributed by atoms with Crippen molar-refractivity contribution in [1.29, 1.82) is 0 Å². The van der Waals surface area contributed by atoms with E-state index in [0.29, 0.717) is 13.2 Å². The van der Waals surface area contributed by atoms with Gasteiger partial charge in [0.1, 0.15) is 0 Å². The zero-order valence-corrected chi connectivity index (χ0v) is 9.64. The third-order valence-corrected chi connectivity index (χ3v) is 2.07. The number of nitrogens with one attached hydrogen (secondary N) is 2. The minimum absolute atomic E-state index is 0.0000912. The van der Waals surface area contributed by atoms with Gasteiger partial charge in [0.15, 0.2) is 0 Å². The van der Waals surface area contributed by atoms with Gasteiger partial charge in [0.2, 0.25) is 5.91 Å². The molecule has 4 nitrogen and oxygen atoms in total. The highest BCUT2D eigenvalue weighted by Crippen LogP contribution is 1.99. The number of hydrogen-bond acceptors (Lipinski definition) is 3. The molecule has 14 heavy (non-hydrogen) atoms. The second kappa shape index (κ2) is 6.79. The molecule has 0 unspecified atom stereocenters. The molecule has 0 aliphatic rings. The van der Waals surface area contributed by atoms with E-state index in [2.05, 4.69) is 17.6 Å².